The summed E-state index contributed by atoms with van der Waals surface area (Å²) in [5.74, 6) is 1.48. The predicted octanol–water partition coefficient (Wildman–Crippen LogP) is 5.63. The van der Waals surface area contributed by atoms with Gasteiger partial charge in [0.1, 0.15) is 5.75 Å². The largest absolute Gasteiger partial charge is 0.496 e. The molecule has 0 aromatic heterocycles. The smallest absolute Gasteiger partial charge is 0.251 e. The summed E-state index contributed by atoms with van der Waals surface area (Å²) in [6.45, 7) is 9.38. The van der Waals surface area contributed by atoms with Crippen molar-refractivity contribution in [3.63, 3.8) is 0 Å². The number of benzene rings is 1. The molecule has 1 amide bonds. The van der Waals surface area contributed by atoms with E-state index < -0.39 is 0 Å². The van der Waals surface area contributed by atoms with Crippen LogP contribution in [0.3, 0.4) is 0 Å². The van der Waals surface area contributed by atoms with Gasteiger partial charge < -0.3 is 9.64 Å². The van der Waals surface area contributed by atoms with Crippen molar-refractivity contribution in [2.75, 3.05) is 20.2 Å². The van der Waals surface area contributed by atoms with Crippen LogP contribution in [0.2, 0.25) is 0 Å². The fourth-order valence-electron chi connectivity index (χ4n) is 4.56. The first-order chi connectivity index (χ1) is 15.1. The lowest BCUT2D eigenvalue weighted by Gasteiger charge is -2.34. The zero-order valence-electron chi connectivity index (χ0n) is 19.1. The maximum Gasteiger partial charge on any atom is 0.251 e. The van der Waals surface area contributed by atoms with Crippen LogP contribution in [0.5, 0.6) is 5.75 Å². The zero-order chi connectivity index (χ0) is 22.2. The Morgan fingerprint density at radius 1 is 1.29 bits per heavy atom. The summed E-state index contributed by atoms with van der Waals surface area (Å²) in [4.78, 5) is 15.4. The van der Waals surface area contributed by atoms with Crippen molar-refractivity contribution in [1.82, 2.24) is 9.91 Å². The molecule has 5 heteroatoms. The number of hydrazone groups is 1. The number of ether oxygens (including phenoxy) is 1. The Bertz CT molecular complexity index is 876. The molecule has 0 unspecified atom stereocenters. The van der Waals surface area contributed by atoms with Gasteiger partial charge >= 0.3 is 0 Å². The van der Waals surface area contributed by atoms with E-state index in [1.54, 1.807) is 7.11 Å². The van der Waals surface area contributed by atoms with Gasteiger partial charge in [0.2, 0.25) is 0 Å². The number of likely N-dealkylation sites (tertiary alicyclic amines) is 1. The van der Waals surface area contributed by atoms with E-state index in [1.807, 2.05) is 29.0 Å². The minimum Gasteiger partial charge on any atom is -0.496 e. The van der Waals surface area contributed by atoms with Gasteiger partial charge in [0.05, 0.1) is 12.8 Å². The molecule has 0 spiro atoms. The second-order valence-electron chi connectivity index (χ2n) is 8.21. The minimum absolute atomic E-state index is 0.113. The molecule has 1 saturated heterocycles. The summed E-state index contributed by atoms with van der Waals surface area (Å²) in [5, 5.41) is 6.18. The van der Waals surface area contributed by atoms with E-state index in [1.165, 1.54) is 5.56 Å². The van der Waals surface area contributed by atoms with Gasteiger partial charge in [-0.1, -0.05) is 43.7 Å². The Kier molecular flexibility index (Phi) is 8.10. The number of amides is 1. The van der Waals surface area contributed by atoms with Gasteiger partial charge in [-0.05, 0) is 62.7 Å². The lowest BCUT2D eigenvalue weighted by Crippen LogP contribution is -2.39. The van der Waals surface area contributed by atoms with Crippen LogP contribution in [-0.4, -0.2) is 42.7 Å². The number of allylic oxidation sites excluding steroid dienone is 5. The number of rotatable bonds is 8. The number of hydrogen-bond donors (Lipinski definition) is 0. The van der Waals surface area contributed by atoms with Crippen molar-refractivity contribution >= 4 is 12.6 Å². The van der Waals surface area contributed by atoms with E-state index >= 15 is 0 Å². The minimum atomic E-state index is 0.113. The van der Waals surface area contributed by atoms with Crippen molar-refractivity contribution in [3.05, 3.63) is 65.0 Å². The standard InChI is InChI=1S/C26H35N3O2/c1-5-11-24(29(27-3)22-12-7-6-8-13-22)20(2)26(30)28-18-16-21(17-19-28)23-14-9-10-15-25(23)31-4/h6-7,9-10,12,14-15,21H,3,5,8,11,13,16-19H2,1-2,4H3. The molecule has 1 fully saturated rings. The molecule has 1 heterocycles. The summed E-state index contributed by atoms with van der Waals surface area (Å²) in [7, 11) is 1.72. The van der Waals surface area contributed by atoms with Crippen LogP contribution in [0, 0.1) is 0 Å². The van der Waals surface area contributed by atoms with E-state index in [9.17, 15) is 4.79 Å². The number of carbonyl (C=O) groups excluding carboxylic acids is 1. The quantitative estimate of drug-likeness (QED) is 0.311. The lowest BCUT2D eigenvalue weighted by atomic mass is 9.88. The average molecular weight is 422 g/mol. The van der Waals surface area contributed by atoms with Crippen LogP contribution in [0.1, 0.15) is 63.9 Å². The highest BCUT2D eigenvalue weighted by molar-refractivity contribution is 5.93. The molecule has 0 bridgehead atoms. The van der Waals surface area contributed by atoms with E-state index in [0.717, 1.165) is 74.3 Å². The maximum atomic E-state index is 13.4. The first kappa shape index (κ1) is 22.9. The molecule has 166 valence electrons. The highest BCUT2D eigenvalue weighted by atomic mass is 16.5. The van der Waals surface area contributed by atoms with Crippen molar-refractivity contribution in [3.8, 4) is 5.75 Å². The van der Waals surface area contributed by atoms with E-state index in [2.05, 4.69) is 49.1 Å². The zero-order valence-corrected chi connectivity index (χ0v) is 19.1. The molecule has 0 N–H and O–H groups in total. The number of piperidine rings is 1. The van der Waals surface area contributed by atoms with Crippen molar-refractivity contribution < 1.29 is 9.53 Å². The molecule has 2 aliphatic rings. The first-order valence-corrected chi connectivity index (χ1v) is 11.3. The van der Waals surface area contributed by atoms with Crippen LogP contribution < -0.4 is 4.74 Å². The molecule has 0 atom stereocenters. The van der Waals surface area contributed by atoms with Crippen LogP contribution in [0.25, 0.3) is 0 Å². The van der Waals surface area contributed by atoms with Crippen LogP contribution in [0.15, 0.2) is 64.6 Å². The molecule has 5 nitrogen and oxygen atoms in total. The Balaban J connectivity index is 1.75. The third-order valence-electron chi connectivity index (χ3n) is 6.26. The van der Waals surface area contributed by atoms with E-state index in [-0.39, 0.29) is 5.91 Å². The van der Waals surface area contributed by atoms with E-state index in [0.29, 0.717) is 5.92 Å². The highest BCUT2D eigenvalue weighted by Crippen LogP contribution is 2.35. The number of carbonyl (C=O) groups is 1. The Hall–Kier alpha value is -2.82. The molecule has 0 radical (unpaired) electrons. The monoisotopic (exact) mass is 421 g/mol. The SMILES string of the molecule is C=NN(C1=CC=CCC1)C(CCC)=C(C)C(=O)N1CCC(c2ccccc2OC)CC1. The molecular formula is C26H35N3O2. The summed E-state index contributed by atoms with van der Waals surface area (Å²) >= 11 is 0. The maximum absolute atomic E-state index is 13.4. The van der Waals surface area contributed by atoms with Gasteiger partial charge in [0, 0.05) is 31.1 Å². The number of nitrogens with zero attached hydrogens (tertiary/aromatic N) is 3. The fourth-order valence-corrected chi connectivity index (χ4v) is 4.56. The second-order valence-corrected chi connectivity index (χ2v) is 8.21. The summed E-state index contributed by atoms with van der Waals surface area (Å²) < 4.78 is 5.55. The van der Waals surface area contributed by atoms with Gasteiger partial charge in [-0.3, -0.25) is 4.79 Å². The normalized spacial score (nSPS) is 17.6. The van der Waals surface area contributed by atoms with Gasteiger partial charge in [-0.25, -0.2) is 5.01 Å². The Labute approximate surface area is 186 Å². The predicted molar refractivity (Wildman–Crippen MR) is 127 cm³/mol. The average Bonchev–Trinajstić information content (AvgIpc) is 2.84. The fraction of sp³-hybridized carbons (Fsp3) is 0.462. The topological polar surface area (TPSA) is 45.1 Å². The first-order valence-electron chi connectivity index (χ1n) is 11.3. The molecule has 1 aromatic rings. The number of para-hydroxylation sites is 1. The summed E-state index contributed by atoms with van der Waals surface area (Å²) in [6.07, 6.45) is 11.8. The summed E-state index contributed by atoms with van der Waals surface area (Å²) in [5.41, 5.74) is 4.09. The molecule has 1 aliphatic heterocycles. The van der Waals surface area contributed by atoms with Crippen molar-refractivity contribution in [2.24, 2.45) is 5.10 Å². The third-order valence-corrected chi connectivity index (χ3v) is 6.26. The molecular weight excluding hydrogens is 386 g/mol. The third kappa shape index (κ3) is 5.27. The second kappa shape index (κ2) is 11.0. The number of hydrogen-bond acceptors (Lipinski definition) is 4. The molecule has 3 rings (SSSR count). The van der Waals surface area contributed by atoms with Crippen molar-refractivity contribution in [1.29, 1.82) is 0 Å². The van der Waals surface area contributed by atoms with Gasteiger partial charge in [-0.2, -0.15) is 5.10 Å². The van der Waals surface area contributed by atoms with Crippen molar-refractivity contribution in [2.45, 2.75) is 58.3 Å². The Morgan fingerprint density at radius 3 is 2.65 bits per heavy atom. The van der Waals surface area contributed by atoms with Crippen LogP contribution in [0.4, 0.5) is 0 Å². The van der Waals surface area contributed by atoms with E-state index in [4.69, 9.17) is 4.74 Å². The lowest BCUT2D eigenvalue weighted by molar-refractivity contribution is -0.128. The van der Waals surface area contributed by atoms with Gasteiger partial charge in [-0.15, -0.1) is 0 Å². The Morgan fingerprint density at radius 2 is 2.03 bits per heavy atom. The molecule has 0 saturated carbocycles. The van der Waals surface area contributed by atoms with Gasteiger partial charge in [0.15, 0.2) is 0 Å². The molecule has 1 aromatic carbocycles. The van der Waals surface area contributed by atoms with Crippen LogP contribution >= 0.6 is 0 Å². The molecule has 31 heavy (non-hydrogen) atoms. The van der Waals surface area contributed by atoms with Crippen LogP contribution in [-0.2, 0) is 4.79 Å². The highest BCUT2D eigenvalue weighted by Gasteiger charge is 2.28. The number of methoxy groups -OCH3 is 1. The molecule has 1 aliphatic carbocycles. The summed E-state index contributed by atoms with van der Waals surface area (Å²) in [6, 6.07) is 8.22. The van der Waals surface area contributed by atoms with Gasteiger partial charge in [0.25, 0.3) is 5.91 Å².